The zero-order chi connectivity index (χ0) is 6.53. The molecule has 0 spiro atoms. The minimum atomic E-state index is 0.606. The van der Waals surface area contributed by atoms with E-state index in [4.69, 9.17) is 0 Å². The normalized spacial score (nSPS) is 36.3. The Hall–Kier alpha value is -0.780. The monoisotopic (exact) mass is 120 g/mol. The molecule has 0 heterocycles. The summed E-state index contributed by atoms with van der Waals surface area (Å²) in [6.45, 7) is 2.19. The third-order valence-corrected chi connectivity index (χ3v) is 1.37. The van der Waals surface area contributed by atoms with Crippen molar-refractivity contribution in [1.82, 2.24) is 0 Å². The van der Waals surface area contributed by atoms with Crippen molar-refractivity contribution >= 4 is 0 Å². The van der Waals surface area contributed by atoms with Crippen molar-refractivity contribution in [3.8, 4) is 0 Å². The molecule has 0 heteroatoms. The first-order valence-corrected chi connectivity index (χ1v) is 3.39. The molecule has 0 radical (unpaired) electrons. The fourth-order valence-corrected chi connectivity index (χ4v) is 0.832. The van der Waals surface area contributed by atoms with Crippen molar-refractivity contribution in [3.05, 3.63) is 36.5 Å². The van der Waals surface area contributed by atoms with Gasteiger partial charge in [0.2, 0.25) is 0 Å². The van der Waals surface area contributed by atoms with Gasteiger partial charge in [-0.1, -0.05) is 43.4 Å². The van der Waals surface area contributed by atoms with Crippen LogP contribution in [0.3, 0.4) is 0 Å². The molecule has 0 aromatic carbocycles. The average molecular weight is 120 g/mol. The number of hydrogen-bond acceptors (Lipinski definition) is 0. The molecule has 1 aliphatic carbocycles. The van der Waals surface area contributed by atoms with Crippen molar-refractivity contribution in [3.63, 3.8) is 0 Å². The molecule has 1 aliphatic rings. The predicted octanol–water partition coefficient (Wildman–Crippen LogP) is 2.69. The van der Waals surface area contributed by atoms with Crippen LogP contribution in [-0.4, -0.2) is 0 Å². The Kier molecular flexibility index (Phi) is 2.32. The zero-order valence-corrected chi connectivity index (χ0v) is 5.75. The summed E-state index contributed by atoms with van der Waals surface area (Å²) in [6.07, 6.45) is 14.0. The van der Waals surface area contributed by atoms with E-state index in [9.17, 15) is 0 Å². The van der Waals surface area contributed by atoms with E-state index in [-0.39, 0.29) is 0 Å². The lowest BCUT2D eigenvalue weighted by atomic mass is 10.1. The molecule has 0 aromatic rings. The first-order chi connectivity index (χ1) is 4.39. The summed E-state index contributed by atoms with van der Waals surface area (Å²) in [5.41, 5.74) is 0. The van der Waals surface area contributed by atoms with Crippen molar-refractivity contribution in [2.24, 2.45) is 5.92 Å². The maximum atomic E-state index is 2.22. The van der Waals surface area contributed by atoms with Gasteiger partial charge in [0.15, 0.2) is 0 Å². The molecule has 0 aromatic heterocycles. The molecule has 0 nitrogen and oxygen atoms in total. The number of hydrogen-bond donors (Lipinski definition) is 0. The van der Waals surface area contributed by atoms with Crippen LogP contribution in [0.15, 0.2) is 36.5 Å². The highest BCUT2D eigenvalue weighted by Crippen LogP contribution is 2.03. The quantitative estimate of drug-likeness (QED) is 0.431. The summed E-state index contributed by atoms with van der Waals surface area (Å²) in [5, 5.41) is 0. The van der Waals surface area contributed by atoms with Gasteiger partial charge >= 0.3 is 0 Å². The third-order valence-electron chi connectivity index (χ3n) is 1.37. The van der Waals surface area contributed by atoms with Crippen LogP contribution in [0.25, 0.3) is 0 Å². The van der Waals surface area contributed by atoms with E-state index < -0.39 is 0 Å². The number of allylic oxidation sites excluding steroid dienone is 6. The van der Waals surface area contributed by atoms with Gasteiger partial charge in [-0.25, -0.2) is 0 Å². The van der Waals surface area contributed by atoms with Crippen LogP contribution >= 0.6 is 0 Å². The topological polar surface area (TPSA) is 0 Å². The molecule has 0 saturated heterocycles. The molecule has 0 amide bonds. The van der Waals surface area contributed by atoms with E-state index in [1.165, 1.54) is 0 Å². The molecular formula is C9H12. The largest absolute Gasteiger partial charge is 0.0842 e. The number of rotatable bonds is 0. The third kappa shape index (κ3) is 2.31. The minimum absolute atomic E-state index is 0.606. The molecule has 9 heavy (non-hydrogen) atoms. The van der Waals surface area contributed by atoms with Gasteiger partial charge in [0.05, 0.1) is 0 Å². The van der Waals surface area contributed by atoms with Gasteiger partial charge in [-0.2, -0.15) is 0 Å². The Morgan fingerprint density at radius 3 is 2.89 bits per heavy atom. The SMILES string of the molecule is CC1/C=C\C=C/C/C=C\1. The molecule has 1 atom stereocenters. The second kappa shape index (κ2) is 3.29. The predicted molar refractivity (Wildman–Crippen MR) is 41.2 cm³/mol. The highest BCUT2D eigenvalue weighted by atomic mass is 13.9. The Morgan fingerprint density at radius 2 is 2.00 bits per heavy atom. The molecule has 0 aliphatic heterocycles. The minimum Gasteiger partial charge on any atom is -0.0842 e. The molecular weight excluding hydrogens is 108 g/mol. The first kappa shape index (κ1) is 6.34. The molecule has 0 fully saturated rings. The Morgan fingerprint density at radius 1 is 1.11 bits per heavy atom. The van der Waals surface area contributed by atoms with Gasteiger partial charge in [0, 0.05) is 0 Å². The zero-order valence-electron chi connectivity index (χ0n) is 5.75. The maximum absolute atomic E-state index is 2.22. The van der Waals surface area contributed by atoms with Crippen LogP contribution in [0.5, 0.6) is 0 Å². The van der Waals surface area contributed by atoms with Crippen LogP contribution in [-0.2, 0) is 0 Å². The fourth-order valence-electron chi connectivity index (χ4n) is 0.832. The van der Waals surface area contributed by atoms with E-state index in [0.717, 1.165) is 6.42 Å². The summed E-state index contributed by atoms with van der Waals surface area (Å²) >= 11 is 0. The molecule has 1 rings (SSSR count). The summed E-state index contributed by atoms with van der Waals surface area (Å²) in [7, 11) is 0. The van der Waals surface area contributed by atoms with Crippen LogP contribution in [0, 0.1) is 5.92 Å². The van der Waals surface area contributed by atoms with Gasteiger partial charge in [-0.15, -0.1) is 0 Å². The van der Waals surface area contributed by atoms with Crippen molar-refractivity contribution < 1.29 is 0 Å². The Balaban J connectivity index is 2.61. The van der Waals surface area contributed by atoms with Crippen molar-refractivity contribution in [2.75, 3.05) is 0 Å². The smallest absolute Gasteiger partial charge is 0.00787 e. The second-order valence-corrected chi connectivity index (χ2v) is 2.34. The van der Waals surface area contributed by atoms with Gasteiger partial charge in [-0.05, 0) is 12.3 Å². The van der Waals surface area contributed by atoms with Crippen LogP contribution in [0.4, 0.5) is 0 Å². The summed E-state index contributed by atoms with van der Waals surface area (Å²) in [4.78, 5) is 0. The maximum Gasteiger partial charge on any atom is -0.00787 e. The van der Waals surface area contributed by atoms with Crippen molar-refractivity contribution in [1.29, 1.82) is 0 Å². The lowest BCUT2D eigenvalue weighted by Gasteiger charge is -1.97. The molecule has 0 N–H and O–H groups in total. The highest BCUT2D eigenvalue weighted by molar-refractivity contribution is 5.12. The van der Waals surface area contributed by atoms with Gasteiger partial charge in [-0.3, -0.25) is 0 Å². The van der Waals surface area contributed by atoms with Crippen LogP contribution in [0.2, 0.25) is 0 Å². The van der Waals surface area contributed by atoms with E-state index >= 15 is 0 Å². The molecule has 0 saturated carbocycles. The highest BCUT2D eigenvalue weighted by Gasteiger charge is 1.87. The average Bonchev–Trinajstić information content (AvgIpc) is 1.79. The van der Waals surface area contributed by atoms with E-state index in [1.807, 2.05) is 0 Å². The van der Waals surface area contributed by atoms with E-state index in [1.54, 1.807) is 0 Å². The molecule has 0 bridgehead atoms. The van der Waals surface area contributed by atoms with Crippen molar-refractivity contribution in [2.45, 2.75) is 13.3 Å². The summed E-state index contributed by atoms with van der Waals surface area (Å²) in [6, 6.07) is 0. The summed E-state index contributed by atoms with van der Waals surface area (Å²) < 4.78 is 0. The first-order valence-electron chi connectivity index (χ1n) is 3.39. The van der Waals surface area contributed by atoms with Gasteiger partial charge < -0.3 is 0 Å². The molecule has 1 unspecified atom stereocenters. The van der Waals surface area contributed by atoms with Crippen LogP contribution in [0.1, 0.15) is 13.3 Å². The van der Waals surface area contributed by atoms with Gasteiger partial charge in [0.25, 0.3) is 0 Å². The Bertz CT molecular complexity index is 149. The van der Waals surface area contributed by atoms with E-state index in [2.05, 4.69) is 43.4 Å². The van der Waals surface area contributed by atoms with Crippen LogP contribution < -0.4 is 0 Å². The molecule has 48 valence electrons. The van der Waals surface area contributed by atoms with E-state index in [0.29, 0.717) is 5.92 Å². The lowest BCUT2D eigenvalue weighted by molar-refractivity contribution is 0.931. The fraction of sp³-hybridized carbons (Fsp3) is 0.333. The lowest BCUT2D eigenvalue weighted by Crippen LogP contribution is -1.81. The van der Waals surface area contributed by atoms with Gasteiger partial charge in [0.1, 0.15) is 0 Å². The Labute approximate surface area is 56.6 Å². The second-order valence-electron chi connectivity index (χ2n) is 2.34. The summed E-state index contributed by atoms with van der Waals surface area (Å²) in [5.74, 6) is 0.606. The standard InChI is InChI=1S/C9H12/c1-9-7-5-3-2-4-6-8-9/h2-3,5-9H,4H2,1H3/b3-2-,7-5-,8-6-.